The molecule has 0 fully saturated rings. The van der Waals surface area contributed by atoms with Crippen molar-refractivity contribution in [3.05, 3.63) is 243 Å². The van der Waals surface area contributed by atoms with Crippen LogP contribution < -0.4 is 4.90 Å². The van der Waals surface area contributed by atoms with Crippen molar-refractivity contribution in [3.8, 4) is 50.2 Å². The van der Waals surface area contributed by atoms with E-state index in [2.05, 4.69) is 246 Å². The second-order valence-corrected chi connectivity index (χ2v) is 16.1. The molecule has 12 rings (SSSR count). The van der Waals surface area contributed by atoms with Crippen LogP contribution >= 0.6 is 0 Å². The highest BCUT2D eigenvalue weighted by molar-refractivity contribution is 6.14. The van der Waals surface area contributed by atoms with E-state index >= 15 is 0 Å². The molecule has 3 heteroatoms. The highest BCUT2D eigenvalue weighted by atomic mass is 16.3. The number of fused-ring (bicyclic) bond motifs is 6. The summed E-state index contributed by atoms with van der Waals surface area (Å²) in [5.74, 6) is 0. The molecule has 2 heterocycles. The Morgan fingerprint density at radius 3 is 1.57 bits per heavy atom. The van der Waals surface area contributed by atoms with Gasteiger partial charge in [0.2, 0.25) is 0 Å². The van der Waals surface area contributed by atoms with Gasteiger partial charge >= 0.3 is 0 Å². The van der Waals surface area contributed by atoms with Gasteiger partial charge in [0.15, 0.2) is 0 Å². The molecule has 12 aromatic rings. The third-order valence-electron chi connectivity index (χ3n) is 12.4. The maximum absolute atomic E-state index is 6.40. The molecule has 0 aliphatic heterocycles. The van der Waals surface area contributed by atoms with Crippen LogP contribution in [0.15, 0.2) is 247 Å². The first-order valence-corrected chi connectivity index (χ1v) is 21.5. The Balaban J connectivity index is 0.986. The van der Waals surface area contributed by atoms with E-state index < -0.39 is 0 Å². The lowest BCUT2D eigenvalue weighted by Gasteiger charge is -2.28. The molecule has 0 radical (unpaired) electrons. The second kappa shape index (κ2) is 15.3. The molecule has 0 bridgehead atoms. The van der Waals surface area contributed by atoms with Crippen molar-refractivity contribution < 1.29 is 4.42 Å². The molecule has 0 amide bonds. The Labute approximate surface area is 366 Å². The SMILES string of the molecule is c1ccc(-c2ccc(-c3cccc(N(c4ccc(-c5cccc(-n6c7ccccc7c7ccccc76)c5)cc4)c4ccccc4-c4cccc5oc6ccccc6c45)c3)cc2)cc1. The standard InChI is InChI=1S/C60H40N2O/c1-2-15-41(16-3-1)42-31-33-43(34-32-42)45-17-12-19-48(39-45)61(55-26-8-6-23-52(55)53-25-14-30-59-60(53)54-24-7-11-29-58(54)63-59)47-37-35-44(36-38-47)46-18-13-20-49(40-46)62-56-27-9-4-21-50(56)51-22-5-10-28-57(51)62/h1-40H. The van der Waals surface area contributed by atoms with Crippen molar-refractivity contribution in [3.63, 3.8) is 0 Å². The maximum atomic E-state index is 6.40. The van der Waals surface area contributed by atoms with Gasteiger partial charge in [0.1, 0.15) is 11.2 Å². The van der Waals surface area contributed by atoms with E-state index in [1.807, 2.05) is 6.07 Å². The van der Waals surface area contributed by atoms with Crippen LogP contribution in [0, 0.1) is 0 Å². The Kier molecular flexibility index (Phi) is 8.83. The van der Waals surface area contributed by atoms with E-state index in [1.165, 1.54) is 32.9 Å². The molecule has 63 heavy (non-hydrogen) atoms. The van der Waals surface area contributed by atoms with Gasteiger partial charge in [-0.05, 0) is 106 Å². The number of benzene rings is 10. The lowest BCUT2D eigenvalue weighted by molar-refractivity contribution is 0.669. The van der Waals surface area contributed by atoms with Crippen LogP contribution in [-0.4, -0.2) is 4.57 Å². The Morgan fingerprint density at radius 2 is 0.825 bits per heavy atom. The Bertz CT molecular complexity index is 3560. The predicted octanol–water partition coefficient (Wildman–Crippen LogP) is 16.8. The average Bonchev–Trinajstić information content (AvgIpc) is 3.91. The van der Waals surface area contributed by atoms with Gasteiger partial charge < -0.3 is 13.9 Å². The van der Waals surface area contributed by atoms with Gasteiger partial charge in [-0.15, -0.1) is 0 Å². The molecule has 0 atom stereocenters. The normalized spacial score (nSPS) is 11.5. The number of hydrogen-bond donors (Lipinski definition) is 0. The first kappa shape index (κ1) is 36.5. The van der Waals surface area contributed by atoms with E-state index in [1.54, 1.807) is 0 Å². The fourth-order valence-corrected chi connectivity index (χ4v) is 9.46. The largest absolute Gasteiger partial charge is 0.456 e. The molecule has 10 aromatic carbocycles. The summed E-state index contributed by atoms with van der Waals surface area (Å²) in [6.07, 6.45) is 0. The average molecular weight is 805 g/mol. The van der Waals surface area contributed by atoms with E-state index in [4.69, 9.17) is 4.42 Å². The summed E-state index contributed by atoms with van der Waals surface area (Å²) < 4.78 is 8.78. The number of furan rings is 1. The smallest absolute Gasteiger partial charge is 0.136 e. The summed E-state index contributed by atoms with van der Waals surface area (Å²) in [6, 6.07) is 87.1. The van der Waals surface area contributed by atoms with Crippen LogP contribution in [0.5, 0.6) is 0 Å². The predicted molar refractivity (Wildman–Crippen MR) is 264 cm³/mol. The van der Waals surface area contributed by atoms with Gasteiger partial charge in [-0.25, -0.2) is 0 Å². The number of anilines is 3. The van der Waals surface area contributed by atoms with Crippen LogP contribution in [-0.2, 0) is 0 Å². The lowest BCUT2D eigenvalue weighted by atomic mass is 9.96. The zero-order valence-electron chi connectivity index (χ0n) is 34.4. The molecule has 0 saturated carbocycles. The Morgan fingerprint density at radius 1 is 0.317 bits per heavy atom. The molecule has 0 N–H and O–H groups in total. The molecule has 0 saturated heterocycles. The highest BCUT2D eigenvalue weighted by Gasteiger charge is 2.21. The zero-order chi connectivity index (χ0) is 41.7. The molecule has 3 nitrogen and oxygen atoms in total. The number of rotatable bonds is 8. The maximum Gasteiger partial charge on any atom is 0.136 e. The van der Waals surface area contributed by atoms with Crippen LogP contribution in [0.3, 0.4) is 0 Å². The Hall–Kier alpha value is -8.40. The van der Waals surface area contributed by atoms with Crippen molar-refractivity contribution in [2.75, 3.05) is 4.90 Å². The summed E-state index contributed by atoms with van der Waals surface area (Å²) in [5, 5.41) is 4.74. The number of aromatic nitrogens is 1. The first-order chi connectivity index (χ1) is 31.2. The first-order valence-electron chi connectivity index (χ1n) is 21.5. The van der Waals surface area contributed by atoms with Crippen molar-refractivity contribution in [1.29, 1.82) is 0 Å². The van der Waals surface area contributed by atoms with Crippen molar-refractivity contribution in [2.24, 2.45) is 0 Å². The summed E-state index contributed by atoms with van der Waals surface area (Å²) in [4.78, 5) is 2.40. The van der Waals surface area contributed by atoms with Gasteiger partial charge in [0, 0.05) is 44.2 Å². The molecular weight excluding hydrogens is 765 g/mol. The molecule has 2 aromatic heterocycles. The van der Waals surface area contributed by atoms with Crippen molar-refractivity contribution in [1.82, 2.24) is 4.57 Å². The molecule has 0 unspecified atom stereocenters. The molecule has 0 aliphatic rings. The van der Waals surface area contributed by atoms with Crippen LogP contribution in [0.2, 0.25) is 0 Å². The summed E-state index contributed by atoms with van der Waals surface area (Å²) in [6.45, 7) is 0. The van der Waals surface area contributed by atoms with Gasteiger partial charge in [-0.1, -0.05) is 176 Å². The molecule has 296 valence electrons. The summed E-state index contributed by atoms with van der Waals surface area (Å²) >= 11 is 0. The van der Waals surface area contributed by atoms with Crippen LogP contribution in [0.4, 0.5) is 17.1 Å². The van der Waals surface area contributed by atoms with E-state index in [-0.39, 0.29) is 0 Å². The molecule has 0 aliphatic carbocycles. The van der Waals surface area contributed by atoms with Gasteiger partial charge in [-0.3, -0.25) is 0 Å². The molecular formula is C60H40N2O. The van der Waals surface area contributed by atoms with Crippen molar-refractivity contribution in [2.45, 2.75) is 0 Å². The fraction of sp³-hybridized carbons (Fsp3) is 0. The fourth-order valence-electron chi connectivity index (χ4n) is 9.46. The summed E-state index contributed by atoms with van der Waals surface area (Å²) in [7, 11) is 0. The monoisotopic (exact) mass is 804 g/mol. The minimum Gasteiger partial charge on any atom is -0.456 e. The third kappa shape index (κ3) is 6.38. The van der Waals surface area contributed by atoms with Crippen LogP contribution in [0.1, 0.15) is 0 Å². The number of nitrogens with zero attached hydrogens (tertiary/aromatic N) is 2. The van der Waals surface area contributed by atoms with Crippen molar-refractivity contribution >= 4 is 60.8 Å². The quantitative estimate of drug-likeness (QED) is 0.153. The van der Waals surface area contributed by atoms with E-state index in [0.717, 1.165) is 78.1 Å². The molecule has 0 spiro atoms. The minimum atomic E-state index is 0.878. The van der Waals surface area contributed by atoms with Gasteiger partial charge in [0.05, 0.1) is 16.7 Å². The summed E-state index contributed by atoms with van der Waals surface area (Å²) in [5.41, 5.74) is 17.8. The van der Waals surface area contributed by atoms with E-state index in [0.29, 0.717) is 0 Å². The third-order valence-corrected chi connectivity index (χ3v) is 12.4. The van der Waals surface area contributed by atoms with E-state index in [9.17, 15) is 0 Å². The van der Waals surface area contributed by atoms with Crippen LogP contribution in [0.25, 0.3) is 93.9 Å². The lowest BCUT2D eigenvalue weighted by Crippen LogP contribution is -2.11. The number of para-hydroxylation sites is 4. The van der Waals surface area contributed by atoms with Gasteiger partial charge in [0.25, 0.3) is 0 Å². The second-order valence-electron chi connectivity index (χ2n) is 16.1. The number of hydrogen-bond acceptors (Lipinski definition) is 2. The zero-order valence-corrected chi connectivity index (χ0v) is 34.4. The van der Waals surface area contributed by atoms with Gasteiger partial charge in [-0.2, -0.15) is 0 Å². The highest BCUT2D eigenvalue weighted by Crippen LogP contribution is 2.46. The topological polar surface area (TPSA) is 21.3 Å². The minimum absolute atomic E-state index is 0.878.